The van der Waals surface area contributed by atoms with Gasteiger partial charge in [0.25, 0.3) is 0 Å². The van der Waals surface area contributed by atoms with Crippen molar-refractivity contribution in [3.8, 4) is 0 Å². The van der Waals surface area contributed by atoms with Crippen molar-refractivity contribution >= 4 is 0 Å². The van der Waals surface area contributed by atoms with Gasteiger partial charge in [0.2, 0.25) is 0 Å². The zero-order chi connectivity index (χ0) is 21.7. The van der Waals surface area contributed by atoms with Gasteiger partial charge >= 0.3 is 0 Å². The van der Waals surface area contributed by atoms with E-state index in [0.717, 1.165) is 5.82 Å². The first-order valence-corrected chi connectivity index (χ1v) is 8.94. The Morgan fingerprint density at radius 2 is 1.27 bits per heavy atom. The van der Waals surface area contributed by atoms with Crippen LogP contribution in [0.1, 0.15) is 22.8 Å². The standard InChI is InChI=1S/C16H14F2N4O.C3H6N4/c1-22-15(19-20-21-22)10-16(23,11-2-6-13(17)7-3-11)12-4-8-14(18)9-5-12;1-3-4-5-6-7(3)2/h2-9,23H,10H2,1H3;1-2H3. The highest BCUT2D eigenvalue weighted by Crippen LogP contribution is 2.33. The highest BCUT2D eigenvalue weighted by molar-refractivity contribution is 5.37. The number of halogens is 2. The second-order valence-electron chi connectivity index (χ2n) is 6.62. The smallest absolute Gasteiger partial charge is 0.154 e. The van der Waals surface area contributed by atoms with Gasteiger partial charge in [-0.2, -0.15) is 0 Å². The van der Waals surface area contributed by atoms with Crippen molar-refractivity contribution in [2.45, 2.75) is 18.9 Å². The van der Waals surface area contributed by atoms with Crippen LogP contribution in [0.2, 0.25) is 0 Å². The number of rotatable bonds is 4. The fourth-order valence-corrected chi connectivity index (χ4v) is 2.72. The number of aryl methyl sites for hydroxylation is 3. The maximum absolute atomic E-state index is 13.2. The summed E-state index contributed by atoms with van der Waals surface area (Å²) in [5, 5.41) is 33.0. The number of hydrogen-bond acceptors (Lipinski definition) is 7. The van der Waals surface area contributed by atoms with Gasteiger partial charge in [0, 0.05) is 20.5 Å². The Hall–Kier alpha value is -3.60. The maximum Gasteiger partial charge on any atom is 0.154 e. The van der Waals surface area contributed by atoms with E-state index in [2.05, 4.69) is 31.1 Å². The largest absolute Gasteiger partial charge is 0.380 e. The SMILES string of the molecule is Cc1nnnn1C.Cn1nnnc1CC(O)(c1ccc(F)cc1)c1ccc(F)cc1. The predicted octanol–water partition coefficient (Wildman–Crippen LogP) is 1.49. The highest BCUT2D eigenvalue weighted by atomic mass is 19.1. The Morgan fingerprint density at radius 1 is 0.800 bits per heavy atom. The molecule has 11 heteroatoms. The van der Waals surface area contributed by atoms with E-state index < -0.39 is 17.2 Å². The Balaban J connectivity index is 0.000000310. The fourth-order valence-electron chi connectivity index (χ4n) is 2.72. The molecule has 4 rings (SSSR count). The van der Waals surface area contributed by atoms with Gasteiger partial charge in [-0.1, -0.05) is 24.3 Å². The lowest BCUT2D eigenvalue weighted by Crippen LogP contribution is -2.31. The Morgan fingerprint density at radius 3 is 1.60 bits per heavy atom. The second-order valence-corrected chi connectivity index (χ2v) is 6.62. The van der Waals surface area contributed by atoms with Crippen molar-refractivity contribution in [3.63, 3.8) is 0 Å². The van der Waals surface area contributed by atoms with Crippen molar-refractivity contribution in [2.24, 2.45) is 14.1 Å². The Labute approximate surface area is 171 Å². The summed E-state index contributed by atoms with van der Waals surface area (Å²) in [6.07, 6.45) is 0.0633. The van der Waals surface area contributed by atoms with Gasteiger partial charge in [0.05, 0.1) is 0 Å². The molecule has 9 nitrogen and oxygen atoms in total. The van der Waals surface area contributed by atoms with E-state index in [1.54, 1.807) is 18.8 Å². The van der Waals surface area contributed by atoms with Gasteiger partial charge < -0.3 is 5.11 Å². The van der Waals surface area contributed by atoms with Crippen LogP contribution in [0.25, 0.3) is 0 Å². The summed E-state index contributed by atoms with van der Waals surface area (Å²) < 4.78 is 29.5. The van der Waals surface area contributed by atoms with Crippen LogP contribution >= 0.6 is 0 Å². The molecule has 0 fully saturated rings. The first-order chi connectivity index (χ1) is 14.3. The van der Waals surface area contributed by atoms with Crippen LogP contribution in [0.15, 0.2) is 48.5 Å². The van der Waals surface area contributed by atoms with E-state index in [1.807, 2.05) is 6.92 Å². The number of hydrogen-bond donors (Lipinski definition) is 1. The lowest BCUT2D eigenvalue weighted by molar-refractivity contribution is 0.0776. The first kappa shape index (κ1) is 21.1. The number of aromatic nitrogens is 8. The number of nitrogens with zero attached hydrogens (tertiary/aromatic N) is 8. The van der Waals surface area contributed by atoms with Gasteiger partial charge in [0.1, 0.15) is 23.1 Å². The van der Waals surface area contributed by atoms with Crippen LogP contribution in [-0.4, -0.2) is 45.5 Å². The van der Waals surface area contributed by atoms with Crippen LogP contribution in [0.4, 0.5) is 8.78 Å². The quantitative estimate of drug-likeness (QED) is 0.539. The van der Waals surface area contributed by atoms with Gasteiger partial charge in [0.15, 0.2) is 5.82 Å². The molecule has 4 aromatic rings. The molecule has 2 heterocycles. The molecule has 1 N–H and O–H groups in total. The van der Waals surface area contributed by atoms with Gasteiger partial charge in [-0.25, -0.2) is 18.1 Å². The predicted molar refractivity (Wildman–Crippen MR) is 102 cm³/mol. The summed E-state index contributed by atoms with van der Waals surface area (Å²) in [7, 11) is 3.46. The average molecular weight is 414 g/mol. The second kappa shape index (κ2) is 8.82. The molecule has 0 atom stereocenters. The van der Waals surface area contributed by atoms with Gasteiger partial charge in [-0.15, -0.1) is 10.2 Å². The van der Waals surface area contributed by atoms with Crippen molar-refractivity contribution in [1.29, 1.82) is 0 Å². The van der Waals surface area contributed by atoms with E-state index in [0.29, 0.717) is 17.0 Å². The van der Waals surface area contributed by atoms with Crippen molar-refractivity contribution in [1.82, 2.24) is 40.4 Å². The molecular weight excluding hydrogens is 394 g/mol. The van der Waals surface area contributed by atoms with Crippen LogP contribution in [0, 0.1) is 18.6 Å². The summed E-state index contributed by atoms with van der Waals surface area (Å²) in [5.41, 5.74) is -0.578. The molecule has 0 aliphatic carbocycles. The van der Waals surface area contributed by atoms with E-state index in [1.165, 1.54) is 53.2 Å². The molecule has 0 saturated carbocycles. The third-order valence-electron chi connectivity index (χ3n) is 4.60. The molecule has 2 aromatic heterocycles. The molecule has 0 bridgehead atoms. The zero-order valence-corrected chi connectivity index (χ0v) is 16.6. The van der Waals surface area contributed by atoms with E-state index in [4.69, 9.17) is 0 Å². The van der Waals surface area contributed by atoms with E-state index in [-0.39, 0.29) is 6.42 Å². The zero-order valence-electron chi connectivity index (χ0n) is 16.6. The third-order valence-corrected chi connectivity index (χ3v) is 4.60. The fraction of sp³-hybridized carbons (Fsp3) is 0.263. The van der Waals surface area contributed by atoms with Crippen LogP contribution < -0.4 is 0 Å². The molecule has 0 amide bonds. The van der Waals surface area contributed by atoms with Crippen LogP contribution in [0.5, 0.6) is 0 Å². The van der Waals surface area contributed by atoms with Crippen LogP contribution in [0.3, 0.4) is 0 Å². The third kappa shape index (κ3) is 4.69. The molecule has 156 valence electrons. The monoisotopic (exact) mass is 414 g/mol. The van der Waals surface area contributed by atoms with Gasteiger partial charge in [-0.3, -0.25) is 0 Å². The van der Waals surface area contributed by atoms with Gasteiger partial charge in [-0.05, 0) is 63.2 Å². The summed E-state index contributed by atoms with van der Waals surface area (Å²) >= 11 is 0. The minimum atomic E-state index is -1.51. The Bertz CT molecular complexity index is 1030. The van der Waals surface area contributed by atoms with Crippen LogP contribution in [-0.2, 0) is 26.1 Å². The number of aliphatic hydroxyl groups is 1. The first-order valence-electron chi connectivity index (χ1n) is 8.94. The molecule has 0 radical (unpaired) electrons. The minimum absolute atomic E-state index is 0.0633. The molecule has 30 heavy (non-hydrogen) atoms. The molecule has 0 spiro atoms. The Kier molecular flexibility index (Phi) is 6.21. The maximum atomic E-state index is 13.2. The summed E-state index contributed by atoms with van der Waals surface area (Å²) in [4.78, 5) is 0. The molecule has 0 unspecified atom stereocenters. The van der Waals surface area contributed by atoms with Crippen molar-refractivity contribution in [3.05, 3.63) is 82.9 Å². The molecule has 0 saturated heterocycles. The van der Waals surface area contributed by atoms with E-state index >= 15 is 0 Å². The summed E-state index contributed by atoms with van der Waals surface area (Å²) in [6, 6.07) is 11.0. The minimum Gasteiger partial charge on any atom is -0.380 e. The number of tetrazole rings is 2. The normalized spacial score (nSPS) is 11.1. The lowest BCUT2D eigenvalue weighted by atomic mass is 9.83. The lowest BCUT2D eigenvalue weighted by Gasteiger charge is -2.28. The average Bonchev–Trinajstić information content (AvgIpc) is 3.30. The summed E-state index contributed by atoms with van der Waals surface area (Å²) in [5.74, 6) is 0.465. The molecular formula is C19H20F2N8O. The van der Waals surface area contributed by atoms with Crippen molar-refractivity contribution in [2.75, 3.05) is 0 Å². The summed E-state index contributed by atoms with van der Waals surface area (Å²) in [6.45, 7) is 1.85. The topological polar surface area (TPSA) is 107 Å². The van der Waals surface area contributed by atoms with E-state index in [9.17, 15) is 13.9 Å². The van der Waals surface area contributed by atoms with Crippen molar-refractivity contribution < 1.29 is 13.9 Å². The molecule has 2 aromatic carbocycles. The number of benzene rings is 2. The highest BCUT2D eigenvalue weighted by Gasteiger charge is 2.34. The molecule has 0 aliphatic rings. The molecule has 0 aliphatic heterocycles.